The maximum atomic E-state index is 12.5. The highest BCUT2D eigenvalue weighted by atomic mass is 127. The fourth-order valence-corrected chi connectivity index (χ4v) is 4.22. The van der Waals surface area contributed by atoms with E-state index in [1.165, 1.54) is 7.11 Å². The Hall–Kier alpha value is -2.88. The smallest absolute Gasteiger partial charge is 0.363 e. The molecule has 0 saturated heterocycles. The Balaban J connectivity index is 1.64. The first-order valence-electron chi connectivity index (χ1n) is 9.48. The lowest BCUT2D eigenvalue weighted by Gasteiger charge is -2.12. The van der Waals surface area contributed by atoms with Gasteiger partial charge in [-0.2, -0.15) is 0 Å². The van der Waals surface area contributed by atoms with Crippen molar-refractivity contribution in [2.45, 2.75) is 0 Å². The number of aliphatic imine (C=N–C) groups is 1. The van der Waals surface area contributed by atoms with Gasteiger partial charge in [0.15, 0.2) is 17.2 Å². The molecule has 0 fully saturated rings. The molecule has 0 spiro atoms. The van der Waals surface area contributed by atoms with Crippen molar-refractivity contribution in [1.82, 2.24) is 0 Å². The van der Waals surface area contributed by atoms with Gasteiger partial charge < -0.3 is 14.2 Å². The van der Waals surface area contributed by atoms with Crippen LogP contribution >= 0.6 is 45.8 Å². The van der Waals surface area contributed by atoms with Crippen molar-refractivity contribution >= 4 is 69.7 Å². The number of carbonyl (C=O) groups is 2. The molecule has 1 aliphatic rings. The van der Waals surface area contributed by atoms with E-state index in [4.69, 9.17) is 37.4 Å². The van der Waals surface area contributed by atoms with Crippen LogP contribution in [0, 0.1) is 3.57 Å². The third-order valence-corrected chi connectivity index (χ3v) is 5.89. The molecule has 1 aliphatic heterocycles. The minimum Gasteiger partial charge on any atom is -0.493 e. The quantitative estimate of drug-likeness (QED) is 0.153. The van der Waals surface area contributed by atoms with Gasteiger partial charge >= 0.3 is 11.9 Å². The molecule has 166 valence electrons. The van der Waals surface area contributed by atoms with Gasteiger partial charge in [0.1, 0.15) is 0 Å². The zero-order valence-electron chi connectivity index (χ0n) is 17.0. The number of hydrogen-bond acceptors (Lipinski definition) is 6. The Morgan fingerprint density at radius 1 is 1.09 bits per heavy atom. The van der Waals surface area contributed by atoms with Crippen LogP contribution in [0.1, 0.15) is 21.5 Å². The highest BCUT2D eigenvalue weighted by Crippen LogP contribution is 2.36. The summed E-state index contributed by atoms with van der Waals surface area (Å²) < 4.78 is 16.9. The van der Waals surface area contributed by atoms with Gasteiger partial charge in [-0.1, -0.05) is 41.4 Å². The van der Waals surface area contributed by atoms with Gasteiger partial charge in [-0.15, -0.1) is 0 Å². The molecule has 6 nitrogen and oxygen atoms in total. The average molecular weight is 594 g/mol. The highest BCUT2D eigenvalue weighted by molar-refractivity contribution is 14.1. The summed E-state index contributed by atoms with van der Waals surface area (Å²) in [6.45, 7) is 0. The van der Waals surface area contributed by atoms with Crippen molar-refractivity contribution < 1.29 is 23.8 Å². The number of methoxy groups -OCH3 is 1. The van der Waals surface area contributed by atoms with Crippen LogP contribution in [0.5, 0.6) is 11.5 Å². The van der Waals surface area contributed by atoms with Gasteiger partial charge in [-0.25, -0.2) is 14.6 Å². The van der Waals surface area contributed by atoms with Crippen LogP contribution in [0.2, 0.25) is 10.0 Å². The van der Waals surface area contributed by atoms with Gasteiger partial charge in [-0.3, -0.25) is 0 Å². The maximum absolute atomic E-state index is 12.5. The standard InChI is InChI=1S/C24H14Cl2INO5/c1-31-20-11-13(9-18(27)21(20)32-23(29)14-5-3-2-4-6-14)10-19-24(30)33-22(28-19)16-8-7-15(25)12-17(16)26/h2-12H,1H3/b19-10-. The molecule has 0 aliphatic carbocycles. The molecule has 0 saturated carbocycles. The molecule has 3 aromatic rings. The number of carbonyl (C=O) groups excluding carboxylic acids is 2. The van der Waals surface area contributed by atoms with Crippen molar-refractivity contribution in [3.05, 3.63) is 96.7 Å². The fraction of sp³-hybridized carbons (Fsp3) is 0.0417. The first-order chi connectivity index (χ1) is 15.9. The van der Waals surface area contributed by atoms with Gasteiger partial charge in [0.05, 0.1) is 26.8 Å². The van der Waals surface area contributed by atoms with Crippen LogP contribution in [0.25, 0.3) is 6.08 Å². The van der Waals surface area contributed by atoms with E-state index in [0.29, 0.717) is 36.1 Å². The third-order valence-electron chi connectivity index (χ3n) is 4.54. The largest absolute Gasteiger partial charge is 0.493 e. The van der Waals surface area contributed by atoms with Gasteiger partial charge in [0.2, 0.25) is 5.90 Å². The second kappa shape index (κ2) is 9.94. The molecule has 4 rings (SSSR count). The first kappa shape index (κ1) is 23.3. The molecule has 0 amide bonds. The summed E-state index contributed by atoms with van der Waals surface area (Å²) in [7, 11) is 1.46. The van der Waals surface area contributed by atoms with Crippen LogP contribution in [0.15, 0.2) is 71.4 Å². The van der Waals surface area contributed by atoms with Gasteiger partial charge in [-0.05, 0) is 76.7 Å². The highest BCUT2D eigenvalue weighted by Gasteiger charge is 2.26. The summed E-state index contributed by atoms with van der Waals surface area (Å²) >= 11 is 14.1. The predicted octanol–water partition coefficient (Wildman–Crippen LogP) is 6.17. The van der Waals surface area contributed by atoms with E-state index >= 15 is 0 Å². The van der Waals surface area contributed by atoms with E-state index in [-0.39, 0.29) is 17.3 Å². The maximum Gasteiger partial charge on any atom is 0.363 e. The Morgan fingerprint density at radius 3 is 2.55 bits per heavy atom. The van der Waals surface area contributed by atoms with E-state index in [2.05, 4.69) is 4.99 Å². The zero-order chi connectivity index (χ0) is 23.5. The number of halogens is 3. The monoisotopic (exact) mass is 593 g/mol. The number of cyclic esters (lactones) is 1. The number of hydrogen-bond donors (Lipinski definition) is 0. The Kier molecular flexibility index (Phi) is 7.02. The lowest BCUT2D eigenvalue weighted by molar-refractivity contribution is -0.129. The number of esters is 2. The second-order valence-electron chi connectivity index (χ2n) is 6.75. The van der Waals surface area contributed by atoms with Crippen LogP contribution in [-0.2, 0) is 9.53 Å². The summed E-state index contributed by atoms with van der Waals surface area (Å²) in [6.07, 6.45) is 1.55. The molecule has 33 heavy (non-hydrogen) atoms. The Bertz CT molecular complexity index is 1320. The van der Waals surface area contributed by atoms with Crippen molar-refractivity contribution in [3.8, 4) is 11.5 Å². The van der Waals surface area contributed by atoms with Crippen molar-refractivity contribution in [2.75, 3.05) is 7.11 Å². The minimum atomic E-state index is -0.621. The van der Waals surface area contributed by atoms with Crippen LogP contribution in [0.4, 0.5) is 0 Å². The van der Waals surface area contributed by atoms with E-state index in [1.807, 2.05) is 28.7 Å². The summed E-state index contributed by atoms with van der Waals surface area (Å²) in [5.74, 6) is -0.437. The van der Waals surface area contributed by atoms with E-state index in [1.54, 1.807) is 60.7 Å². The average Bonchev–Trinajstić information content (AvgIpc) is 3.15. The van der Waals surface area contributed by atoms with Crippen LogP contribution < -0.4 is 9.47 Å². The molecule has 0 unspecified atom stereocenters. The minimum absolute atomic E-state index is 0.0860. The molecule has 0 aromatic heterocycles. The number of nitrogens with zero attached hydrogens (tertiary/aromatic N) is 1. The number of rotatable bonds is 5. The molecule has 0 atom stereocenters. The van der Waals surface area contributed by atoms with E-state index in [9.17, 15) is 9.59 Å². The summed E-state index contributed by atoms with van der Waals surface area (Å²) in [5, 5.41) is 0.773. The van der Waals surface area contributed by atoms with Gasteiger partial charge in [0.25, 0.3) is 0 Å². The number of benzene rings is 3. The van der Waals surface area contributed by atoms with E-state index in [0.717, 1.165) is 0 Å². The molecule has 0 N–H and O–H groups in total. The summed E-state index contributed by atoms with van der Waals surface area (Å²) in [5.41, 5.74) is 1.56. The topological polar surface area (TPSA) is 74.2 Å². The molecular formula is C24H14Cl2INO5. The third kappa shape index (κ3) is 5.21. The molecular weight excluding hydrogens is 580 g/mol. The summed E-state index contributed by atoms with van der Waals surface area (Å²) in [4.78, 5) is 29.1. The van der Waals surface area contributed by atoms with Crippen molar-refractivity contribution in [2.24, 2.45) is 4.99 Å². The zero-order valence-corrected chi connectivity index (χ0v) is 20.6. The van der Waals surface area contributed by atoms with Crippen molar-refractivity contribution in [3.63, 3.8) is 0 Å². The molecule has 3 aromatic carbocycles. The molecule has 0 bridgehead atoms. The fourth-order valence-electron chi connectivity index (χ4n) is 2.99. The first-order valence-corrected chi connectivity index (χ1v) is 11.3. The SMILES string of the molecule is COc1cc(/C=C2\N=C(c3ccc(Cl)cc3Cl)OC2=O)cc(I)c1OC(=O)c1ccccc1. The lowest BCUT2D eigenvalue weighted by Crippen LogP contribution is -2.10. The Morgan fingerprint density at radius 2 is 1.85 bits per heavy atom. The molecule has 1 heterocycles. The van der Waals surface area contributed by atoms with Gasteiger partial charge in [0, 0.05) is 5.02 Å². The molecule has 9 heteroatoms. The van der Waals surface area contributed by atoms with E-state index < -0.39 is 11.9 Å². The predicted molar refractivity (Wildman–Crippen MR) is 134 cm³/mol. The normalized spacial score (nSPS) is 14.1. The van der Waals surface area contributed by atoms with Crippen LogP contribution in [0.3, 0.4) is 0 Å². The Labute approximate surface area is 212 Å². The van der Waals surface area contributed by atoms with Crippen LogP contribution in [-0.4, -0.2) is 24.9 Å². The second-order valence-corrected chi connectivity index (χ2v) is 8.76. The molecule has 0 radical (unpaired) electrons. The lowest BCUT2D eigenvalue weighted by atomic mass is 10.1. The summed E-state index contributed by atoms with van der Waals surface area (Å²) in [6, 6.07) is 16.8. The number of ether oxygens (including phenoxy) is 3. The van der Waals surface area contributed by atoms with Crippen molar-refractivity contribution in [1.29, 1.82) is 0 Å².